The Kier molecular flexibility index (Phi) is 7.51. The third-order valence-corrected chi connectivity index (χ3v) is 8.05. The number of ether oxygens (including phenoxy) is 1. The van der Waals surface area contributed by atoms with Crippen molar-refractivity contribution in [3.05, 3.63) is 71.1 Å². The minimum atomic E-state index is -3.99. The van der Waals surface area contributed by atoms with Gasteiger partial charge in [0, 0.05) is 36.3 Å². The van der Waals surface area contributed by atoms with Crippen LogP contribution in [0.3, 0.4) is 0 Å². The highest BCUT2D eigenvalue weighted by atomic mass is 32.2. The lowest BCUT2D eigenvalue weighted by molar-refractivity contribution is -0.120. The van der Waals surface area contributed by atoms with Gasteiger partial charge in [-0.1, -0.05) is 5.16 Å². The maximum atomic E-state index is 14.0. The van der Waals surface area contributed by atoms with E-state index < -0.39 is 21.7 Å². The average molecular weight is 518 g/mol. The van der Waals surface area contributed by atoms with E-state index in [-0.39, 0.29) is 46.8 Å². The molecule has 1 N–H and O–H groups in total. The number of nitrogens with zero attached hydrogens (tertiary/aromatic N) is 2. The van der Waals surface area contributed by atoms with E-state index >= 15 is 0 Å². The third-order valence-electron chi connectivity index (χ3n) is 5.99. The second-order valence-corrected chi connectivity index (χ2v) is 10.2. The normalized spacial score (nSPS) is 15.3. The minimum Gasteiger partial charge on any atom is -0.497 e. The first-order chi connectivity index (χ1) is 17.2. The van der Waals surface area contributed by atoms with Crippen molar-refractivity contribution in [3.63, 3.8) is 0 Å². The maximum absolute atomic E-state index is 14.0. The molecule has 4 rings (SSSR count). The summed E-state index contributed by atoms with van der Waals surface area (Å²) in [7, 11) is -2.43. The number of piperidine rings is 1. The van der Waals surface area contributed by atoms with Crippen LogP contribution >= 0.6 is 0 Å². The molecule has 0 saturated carbocycles. The number of aryl methyl sites for hydroxylation is 1. The van der Waals surface area contributed by atoms with Crippen molar-refractivity contribution in [2.75, 3.05) is 25.5 Å². The van der Waals surface area contributed by atoms with Gasteiger partial charge in [-0.2, -0.15) is 4.31 Å². The number of rotatable bonds is 7. The Morgan fingerprint density at radius 2 is 1.83 bits per heavy atom. The fraction of sp³-hybridized carbons (Fsp3) is 0.280. The van der Waals surface area contributed by atoms with Crippen molar-refractivity contribution >= 4 is 33.8 Å². The molecule has 0 unspecified atom stereocenters. The molecule has 0 bridgehead atoms. The zero-order valence-corrected chi connectivity index (χ0v) is 20.5. The molecule has 3 aromatic rings. The van der Waals surface area contributed by atoms with Crippen molar-refractivity contribution < 1.29 is 31.3 Å². The van der Waals surface area contributed by atoms with Gasteiger partial charge in [0.15, 0.2) is 10.7 Å². The molecule has 2 aromatic carbocycles. The number of hydrogen-bond donors (Lipinski definition) is 1. The number of amides is 1. The fourth-order valence-electron chi connectivity index (χ4n) is 4.01. The monoisotopic (exact) mass is 517 g/mol. The van der Waals surface area contributed by atoms with E-state index in [0.29, 0.717) is 24.3 Å². The summed E-state index contributed by atoms with van der Waals surface area (Å²) in [5.41, 5.74) is 0.857. The van der Waals surface area contributed by atoms with Gasteiger partial charge in [0.1, 0.15) is 23.1 Å². The number of sulfonamides is 1. The molecule has 1 fully saturated rings. The topological polar surface area (TPSA) is 102 Å². The van der Waals surface area contributed by atoms with E-state index in [9.17, 15) is 22.0 Å². The second-order valence-electron chi connectivity index (χ2n) is 8.36. The molecule has 0 atom stereocenters. The van der Waals surface area contributed by atoms with Crippen LogP contribution in [0, 0.1) is 24.5 Å². The van der Waals surface area contributed by atoms with Gasteiger partial charge in [-0.05, 0) is 68.3 Å². The molecular formula is C25H25F2N3O5S. The number of aromatic nitrogens is 1. The molecule has 36 heavy (non-hydrogen) atoms. The number of halogens is 2. The van der Waals surface area contributed by atoms with E-state index in [1.54, 1.807) is 31.4 Å². The molecule has 0 aliphatic carbocycles. The number of carbonyl (C=O) groups excluding carboxylic acids is 1. The molecule has 8 nitrogen and oxygen atoms in total. The van der Waals surface area contributed by atoms with Gasteiger partial charge in [-0.15, -0.1) is 0 Å². The number of hydrogen-bond acceptors (Lipinski definition) is 6. The summed E-state index contributed by atoms with van der Waals surface area (Å²) in [6.45, 7) is 1.79. The van der Waals surface area contributed by atoms with Crippen LogP contribution in [0.5, 0.6) is 5.75 Å². The number of carbonyl (C=O) groups is 1. The van der Waals surface area contributed by atoms with Crippen LogP contribution in [0.4, 0.5) is 14.5 Å². The van der Waals surface area contributed by atoms with Gasteiger partial charge in [0.25, 0.3) is 0 Å². The van der Waals surface area contributed by atoms with E-state index in [0.717, 1.165) is 12.1 Å². The smallest absolute Gasteiger partial charge is 0.248 e. The van der Waals surface area contributed by atoms with Crippen LogP contribution in [0.1, 0.15) is 29.9 Å². The summed E-state index contributed by atoms with van der Waals surface area (Å²) in [5, 5.41) is 6.62. The Morgan fingerprint density at radius 1 is 1.14 bits per heavy atom. The highest BCUT2D eigenvalue weighted by molar-refractivity contribution is 7.89. The highest BCUT2D eigenvalue weighted by Gasteiger charge is 2.36. The van der Waals surface area contributed by atoms with Gasteiger partial charge in [-0.3, -0.25) is 4.79 Å². The predicted molar refractivity (Wildman–Crippen MR) is 130 cm³/mol. The van der Waals surface area contributed by atoms with Crippen LogP contribution in [0.15, 0.2) is 51.9 Å². The molecule has 11 heteroatoms. The van der Waals surface area contributed by atoms with E-state index in [1.807, 2.05) is 0 Å². The van der Waals surface area contributed by atoms with Gasteiger partial charge in [0.05, 0.1) is 7.11 Å². The van der Waals surface area contributed by atoms with Gasteiger partial charge in [0.2, 0.25) is 15.9 Å². The summed E-state index contributed by atoms with van der Waals surface area (Å²) in [5.74, 6) is -1.42. The first kappa shape index (κ1) is 25.5. The van der Waals surface area contributed by atoms with E-state index in [1.165, 1.54) is 29.4 Å². The van der Waals surface area contributed by atoms with Crippen molar-refractivity contribution in [1.82, 2.24) is 9.46 Å². The maximum Gasteiger partial charge on any atom is 0.248 e. The molecule has 190 valence electrons. The Hall–Kier alpha value is -3.57. The van der Waals surface area contributed by atoms with Gasteiger partial charge < -0.3 is 14.6 Å². The van der Waals surface area contributed by atoms with Crippen molar-refractivity contribution in [2.45, 2.75) is 24.7 Å². The Morgan fingerprint density at radius 3 is 2.47 bits per heavy atom. The third kappa shape index (κ3) is 5.47. The summed E-state index contributed by atoms with van der Waals surface area (Å²) in [6, 6.07) is 10.0. The number of benzene rings is 2. The van der Waals surface area contributed by atoms with Gasteiger partial charge >= 0.3 is 0 Å². The van der Waals surface area contributed by atoms with E-state index in [2.05, 4.69) is 10.5 Å². The summed E-state index contributed by atoms with van der Waals surface area (Å²) < 4.78 is 65.5. The number of anilines is 1. The average Bonchev–Trinajstić information content (AvgIpc) is 3.25. The van der Waals surface area contributed by atoms with Crippen molar-refractivity contribution in [1.29, 1.82) is 0 Å². The first-order valence-corrected chi connectivity index (χ1v) is 12.7. The first-order valence-electron chi connectivity index (χ1n) is 11.2. The summed E-state index contributed by atoms with van der Waals surface area (Å²) >= 11 is 0. The Labute approximate surface area is 207 Å². The van der Waals surface area contributed by atoms with Crippen LogP contribution in [0.2, 0.25) is 0 Å². The zero-order valence-electron chi connectivity index (χ0n) is 19.7. The Balaban J connectivity index is 1.44. The molecule has 1 saturated heterocycles. The SMILES string of the molecule is COc1ccc(NC(=O)C2CCN(S(=O)(=O)c3c(C)noc3/C=C/c3ccc(F)cc3F)CC2)cc1. The quantitative estimate of drug-likeness (QED) is 0.496. The molecular weight excluding hydrogens is 492 g/mol. The Bertz CT molecular complexity index is 1380. The van der Waals surface area contributed by atoms with Crippen LogP contribution < -0.4 is 10.1 Å². The predicted octanol–water partition coefficient (Wildman–Crippen LogP) is 4.48. The van der Waals surface area contributed by atoms with E-state index in [4.69, 9.17) is 9.26 Å². The summed E-state index contributed by atoms with van der Waals surface area (Å²) in [4.78, 5) is 12.6. The van der Waals surface area contributed by atoms with Crippen LogP contribution in [0.25, 0.3) is 12.2 Å². The number of nitrogens with one attached hydrogen (secondary N) is 1. The van der Waals surface area contributed by atoms with Crippen molar-refractivity contribution in [3.8, 4) is 5.75 Å². The standard InChI is InChI=1S/C25H25F2N3O5S/c1-16-24(23(35-29-16)10-4-17-3-5-19(26)15-22(17)27)36(32,33)30-13-11-18(12-14-30)25(31)28-20-6-8-21(34-2)9-7-20/h3-10,15,18H,11-14H2,1-2H3,(H,28,31)/b10-4+. The lowest BCUT2D eigenvalue weighted by Gasteiger charge is -2.30. The molecule has 0 spiro atoms. The van der Waals surface area contributed by atoms with Gasteiger partial charge in [-0.25, -0.2) is 17.2 Å². The zero-order chi connectivity index (χ0) is 25.9. The lowest BCUT2D eigenvalue weighted by atomic mass is 9.97. The molecule has 1 aliphatic heterocycles. The number of methoxy groups -OCH3 is 1. The molecule has 1 aromatic heterocycles. The second kappa shape index (κ2) is 10.6. The van der Waals surface area contributed by atoms with Crippen LogP contribution in [-0.4, -0.2) is 44.0 Å². The lowest BCUT2D eigenvalue weighted by Crippen LogP contribution is -2.41. The molecule has 1 amide bonds. The van der Waals surface area contributed by atoms with Crippen LogP contribution in [-0.2, 0) is 14.8 Å². The molecule has 0 radical (unpaired) electrons. The molecule has 1 aliphatic rings. The van der Waals surface area contributed by atoms with Crippen molar-refractivity contribution in [2.24, 2.45) is 5.92 Å². The highest BCUT2D eigenvalue weighted by Crippen LogP contribution is 2.30. The minimum absolute atomic E-state index is 0.0596. The molecule has 2 heterocycles. The fourth-order valence-corrected chi connectivity index (χ4v) is 5.73. The largest absolute Gasteiger partial charge is 0.497 e. The summed E-state index contributed by atoms with van der Waals surface area (Å²) in [6.07, 6.45) is 3.27.